The molecule has 1 saturated heterocycles. The van der Waals surface area contributed by atoms with Gasteiger partial charge in [-0.25, -0.2) is 4.98 Å². The van der Waals surface area contributed by atoms with Crippen LogP contribution in [-0.2, 0) is 17.8 Å². The van der Waals surface area contributed by atoms with Gasteiger partial charge in [-0.05, 0) is 41.5 Å². The van der Waals surface area contributed by atoms with Gasteiger partial charge in [0.1, 0.15) is 11.6 Å². The van der Waals surface area contributed by atoms with E-state index >= 15 is 0 Å². The maximum absolute atomic E-state index is 6.07. The summed E-state index contributed by atoms with van der Waals surface area (Å²) in [5.74, 6) is 2.01. The lowest BCUT2D eigenvalue weighted by atomic mass is 10.0. The van der Waals surface area contributed by atoms with E-state index in [9.17, 15) is 0 Å². The highest BCUT2D eigenvalue weighted by atomic mass is 16.5. The predicted octanol–water partition coefficient (Wildman–Crippen LogP) is 3.64. The third-order valence-corrected chi connectivity index (χ3v) is 5.10. The second kappa shape index (κ2) is 7.48. The number of ether oxygens (including phenoxy) is 2. The van der Waals surface area contributed by atoms with Crippen molar-refractivity contribution in [3.05, 3.63) is 60.2 Å². The van der Waals surface area contributed by atoms with Crippen LogP contribution in [-0.4, -0.2) is 41.3 Å². The second-order valence-electron chi connectivity index (χ2n) is 6.70. The molecule has 136 valence electrons. The van der Waals surface area contributed by atoms with Crippen LogP contribution in [0.15, 0.2) is 48.8 Å². The first-order chi connectivity index (χ1) is 12.8. The molecule has 1 atom stereocenters. The predicted molar refractivity (Wildman–Crippen MR) is 102 cm³/mol. The van der Waals surface area contributed by atoms with Crippen molar-refractivity contribution in [2.45, 2.75) is 26.1 Å². The second-order valence-corrected chi connectivity index (χ2v) is 6.70. The zero-order valence-corrected chi connectivity index (χ0v) is 15.4. The number of hydrogen-bond acceptors (Lipinski definition) is 4. The van der Waals surface area contributed by atoms with Gasteiger partial charge in [0.25, 0.3) is 0 Å². The molecule has 1 aliphatic rings. The minimum atomic E-state index is 0.0975. The van der Waals surface area contributed by atoms with Crippen LogP contribution in [0.2, 0.25) is 0 Å². The van der Waals surface area contributed by atoms with E-state index in [0.717, 1.165) is 44.4 Å². The van der Waals surface area contributed by atoms with Crippen LogP contribution in [0.1, 0.15) is 24.4 Å². The molecule has 0 spiro atoms. The van der Waals surface area contributed by atoms with Gasteiger partial charge in [-0.15, -0.1) is 0 Å². The first kappa shape index (κ1) is 17.1. The summed E-state index contributed by atoms with van der Waals surface area (Å²) in [6, 6.07) is 12.7. The largest absolute Gasteiger partial charge is 0.497 e. The summed E-state index contributed by atoms with van der Waals surface area (Å²) in [6.07, 6.45) is 4.03. The lowest BCUT2D eigenvalue weighted by molar-refractivity contribution is -0.0338. The summed E-state index contributed by atoms with van der Waals surface area (Å²) in [5, 5.41) is 2.40. The van der Waals surface area contributed by atoms with Crippen molar-refractivity contribution in [3.63, 3.8) is 0 Å². The first-order valence-electron chi connectivity index (χ1n) is 9.18. The minimum absolute atomic E-state index is 0.0975. The molecule has 2 aromatic carbocycles. The Bertz CT molecular complexity index is 890. The molecule has 3 aromatic rings. The number of hydrogen-bond donors (Lipinski definition) is 0. The van der Waals surface area contributed by atoms with Crippen LogP contribution >= 0.6 is 0 Å². The Balaban J connectivity index is 1.51. The summed E-state index contributed by atoms with van der Waals surface area (Å²) < 4.78 is 13.6. The van der Waals surface area contributed by atoms with E-state index in [4.69, 9.17) is 9.47 Å². The van der Waals surface area contributed by atoms with E-state index in [0.29, 0.717) is 0 Å². The number of benzene rings is 2. The smallest absolute Gasteiger partial charge is 0.122 e. The normalized spacial score (nSPS) is 18.3. The van der Waals surface area contributed by atoms with Crippen LogP contribution in [0.4, 0.5) is 0 Å². The Hall–Kier alpha value is -2.37. The molecule has 1 fully saturated rings. The topological polar surface area (TPSA) is 39.5 Å². The van der Waals surface area contributed by atoms with E-state index in [-0.39, 0.29) is 6.10 Å². The third-order valence-electron chi connectivity index (χ3n) is 5.10. The average Bonchev–Trinajstić information content (AvgIpc) is 3.14. The summed E-state index contributed by atoms with van der Waals surface area (Å²) >= 11 is 0. The van der Waals surface area contributed by atoms with E-state index in [2.05, 4.69) is 51.7 Å². The molecule has 2 heterocycles. The summed E-state index contributed by atoms with van der Waals surface area (Å²) in [5.41, 5.74) is 1.23. The molecule has 4 rings (SSSR count). The number of aryl methyl sites for hydroxylation is 1. The molecule has 26 heavy (non-hydrogen) atoms. The molecule has 0 radical (unpaired) electrons. The Morgan fingerprint density at radius 1 is 1.19 bits per heavy atom. The minimum Gasteiger partial charge on any atom is -0.497 e. The van der Waals surface area contributed by atoms with Crippen molar-refractivity contribution in [1.29, 1.82) is 0 Å². The van der Waals surface area contributed by atoms with Crippen molar-refractivity contribution < 1.29 is 9.47 Å². The van der Waals surface area contributed by atoms with Crippen molar-refractivity contribution in [2.24, 2.45) is 0 Å². The Morgan fingerprint density at radius 3 is 2.88 bits per heavy atom. The maximum atomic E-state index is 6.07. The van der Waals surface area contributed by atoms with Crippen LogP contribution in [0.5, 0.6) is 5.75 Å². The summed E-state index contributed by atoms with van der Waals surface area (Å²) in [6.45, 7) is 6.55. The molecule has 5 heteroatoms. The number of aromatic nitrogens is 2. The monoisotopic (exact) mass is 351 g/mol. The number of nitrogens with zero attached hydrogens (tertiary/aromatic N) is 3. The van der Waals surface area contributed by atoms with E-state index in [1.807, 2.05) is 18.5 Å². The highest BCUT2D eigenvalue weighted by molar-refractivity contribution is 5.84. The highest BCUT2D eigenvalue weighted by Crippen LogP contribution is 2.28. The zero-order chi connectivity index (χ0) is 17.9. The summed E-state index contributed by atoms with van der Waals surface area (Å²) in [7, 11) is 1.70. The number of methoxy groups -OCH3 is 1. The summed E-state index contributed by atoms with van der Waals surface area (Å²) in [4.78, 5) is 6.94. The number of morpholine rings is 1. The molecule has 0 N–H and O–H groups in total. The number of fused-ring (bicyclic) bond motifs is 1. The van der Waals surface area contributed by atoms with E-state index in [1.54, 1.807) is 7.11 Å². The highest BCUT2D eigenvalue weighted by Gasteiger charge is 2.23. The van der Waals surface area contributed by atoms with Crippen molar-refractivity contribution >= 4 is 10.8 Å². The van der Waals surface area contributed by atoms with Gasteiger partial charge < -0.3 is 14.0 Å². The van der Waals surface area contributed by atoms with Gasteiger partial charge in [0, 0.05) is 32.0 Å². The fourth-order valence-corrected chi connectivity index (χ4v) is 3.60. The van der Waals surface area contributed by atoms with Crippen LogP contribution in [0, 0.1) is 0 Å². The van der Waals surface area contributed by atoms with Crippen molar-refractivity contribution in [3.8, 4) is 5.75 Å². The zero-order valence-electron chi connectivity index (χ0n) is 15.4. The van der Waals surface area contributed by atoms with Crippen LogP contribution < -0.4 is 4.74 Å². The van der Waals surface area contributed by atoms with E-state index < -0.39 is 0 Å². The molecule has 1 unspecified atom stereocenters. The Labute approximate surface area is 154 Å². The Morgan fingerprint density at radius 2 is 2.04 bits per heavy atom. The maximum Gasteiger partial charge on any atom is 0.122 e. The van der Waals surface area contributed by atoms with Gasteiger partial charge in [-0.3, -0.25) is 4.90 Å². The molecule has 0 amide bonds. The first-order valence-corrected chi connectivity index (χ1v) is 9.18. The Kier molecular flexibility index (Phi) is 4.91. The average molecular weight is 351 g/mol. The molecule has 0 saturated carbocycles. The lowest BCUT2D eigenvalue weighted by Crippen LogP contribution is -2.38. The number of imidazole rings is 1. The molecule has 1 aromatic heterocycles. The van der Waals surface area contributed by atoms with Gasteiger partial charge in [-0.1, -0.05) is 18.2 Å². The van der Waals surface area contributed by atoms with Crippen molar-refractivity contribution in [2.75, 3.05) is 26.8 Å². The molecule has 0 aliphatic carbocycles. The molecule has 0 bridgehead atoms. The van der Waals surface area contributed by atoms with Gasteiger partial charge in [0.05, 0.1) is 26.4 Å². The molecular formula is C21H25N3O2. The van der Waals surface area contributed by atoms with Gasteiger partial charge in [0.15, 0.2) is 0 Å². The molecule has 1 aliphatic heterocycles. The molecular weight excluding hydrogens is 326 g/mol. The van der Waals surface area contributed by atoms with Crippen LogP contribution in [0.25, 0.3) is 10.8 Å². The van der Waals surface area contributed by atoms with Gasteiger partial charge >= 0.3 is 0 Å². The van der Waals surface area contributed by atoms with Gasteiger partial charge in [-0.2, -0.15) is 0 Å². The quantitative estimate of drug-likeness (QED) is 0.704. The SMILES string of the molecule is CCn1ccnc1CN1CCOC(c2ccc3cc(OC)ccc3c2)C1. The van der Waals surface area contributed by atoms with Crippen molar-refractivity contribution in [1.82, 2.24) is 14.5 Å². The molecule has 5 nitrogen and oxygen atoms in total. The van der Waals surface area contributed by atoms with Gasteiger partial charge in [0.2, 0.25) is 0 Å². The van der Waals surface area contributed by atoms with E-state index in [1.165, 1.54) is 16.3 Å². The fourth-order valence-electron chi connectivity index (χ4n) is 3.60. The lowest BCUT2D eigenvalue weighted by Gasteiger charge is -2.33. The standard InChI is InChI=1S/C21H25N3O2/c1-3-24-9-8-22-21(24)15-23-10-11-26-20(14-23)18-5-4-17-13-19(25-2)7-6-16(17)12-18/h4-9,12-13,20H,3,10-11,14-15H2,1-2H3. The third kappa shape index (κ3) is 3.45. The fraction of sp³-hybridized carbons (Fsp3) is 0.381. The number of rotatable bonds is 5. The van der Waals surface area contributed by atoms with Crippen LogP contribution in [0.3, 0.4) is 0 Å².